The van der Waals surface area contributed by atoms with Gasteiger partial charge in [0.1, 0.15) is 11.2 Å². The molecule has 0 amide bonds. The van der Waals surface area contributed by atoms with E-state index in [9.17, 15) is 4.79 Å². The molecule has 0 aromatic rings. The van der Waals surface area contributed by atoms with Gasteiger partial charge >= 0.3 is 0 Å². The Labute approximate surface area is 113 Å². The Hall–Kier alpha value is 0.270. The third-order valence-corrected chi connectivity index (χ3v) is 5.05. The number of hydrogen-bond donors (Lipinski definition) is 0. The summed E-state index contributed by atoms with van der Waals surface area (Å²) in [6.45, 7) is 5.17. The van der Waals surface area contributed by atoms with Crippen LogP contribution in [0.3, 0.4) is 0 Å². The SMILES string of the molecule is C=C[C@@]12C=C[C@@](C)(O1)C(Cl)(Cl)C(=O)C2(Cl)Cl. The molecule has 0 radical (unpaired) electrons. The van der Waals surface area contributed by atoms with E-state index in [1.807, 2.05) is 0 Å². The molecule has 0 N–H and O–H groups in total. The average molecular weight is 302 g/mol. The van der Waals surface area contributed by atoms with Crippen LogP contribution in [0.1, 0.15) is 6.92 Å². The second-order valence-electron chi connectivity index (χ2n) is 4.02. The van der Waals surface area contributed by atoms with Crippen molar-refractivity contribution in [2.24, 2.45) is 0 Å². The highest BCUT2D eigenvalue weighted by Crippen LogP contribution is 2.59. The molecular weight excluding hydrogens is 294 g/mol. The molecule has 2 heterocycles. The lowest BCUT2D eigenvalue weighted by Crippen LogP contribution is -2.67. The first-order chi connectivity index (χ1) is 7.13. The van der Waals surface area contributed by atoms with Crippen LogP contribution < -0.4 is 0 Å². The zero-order valence-corrected chi connectivity index (χ0v) is 11.3. The third kappa shape index (κ3) is 1.17. The predicted molar refractivity (Wildman–Crippen MR) is 65.4 cm³/mol. The van der Waals surface area contributed by atoms with E-state index in [1.165, 1.54) is 6.08 Å². The molecule has 2 atom stereocenters. The normalized spacial score (nSPS) is 43.4. The van der Waals surface area contributed by atoms with Gasteiger partial charge in [-0.05, 0) is 13.0 Å². The second kappa shape index (κ2) is 3.18. The largest absolute Gasteiger partial charge is 0.349 e. The van der Waals surface area contributed by atoms with E-state index in [0.717, 1.165) is 0 Å². The van der Waals surface area contributed by atoms with Crippen molar-refractivity contribution in [2.45, 2.75) is 26.8 Å². The van der Waals surface area contributed by atoms with E-state index in [-0.39, 0.29) is 0 Å². The summed E-state index contributed by atoms with van der Waals surface area (Å²) in [5.41, 5.74) is -2.44. The minimum Gasteiger partial charge on any atom is -0.349 e. The summed E-state index contributed by atoms with van der Waals surface area (Å²) in [7, 11) is 0. The molecule has 0 saturated carbocycles. The van der Waals surface area contributed by atoms with Gasteiger partial charge in [0.15, 0.2) is 0 Å². The zero-order chi connectivity index (χ0) is 12.4. The van der Waals surface area contributed by atoms with Gasteiger partial charge in [-0.2, -0.15) is 0 Å². The number of ketones is 1. The van der Waals surface area contributed by atoms with Crippen molar-refractivity contribution >= 4 is 52.2 Å². The molecule has 2 aliphatic rings. The Kier molecular flexibility index (Phi) is 2.53. The van der Waals surface area contributed by atoms with Crippen LogP contribution >= 0.6 is 46.4 Å². The highest BCUT2D eigenvalue weighted by atomic mass is 35.5. The van der Waals surface area contributed by atoms with Crippen molar-refractivity contribution in [3.8, 4) is 0 Å². The van der Waals surface area contributed by atoms with Gasteiger partial charge in [-0.15, -0.1) is 0 Å². The van der Waals surface area contributed by atoms with E-state index in [1.54, 1.807) is 19.1 Å². The third-order valence-electron chi connectivity index (χ3n) is 3.02. The Balaban J connectivity index is 2.67. The fourth-order valence-corrected chi connectivity index (χ4v) is 3.20. The first kappa shape index (κ1) is 12.7. The Morgan fingerprint density at radius 1 is 1.25 bits per heavy atom. The molecule has 2 bridgehead atoms. The topological polar surface area (TPSA) is 26.3 Å². The van der Waals surface area contributed by atoms with Crippen molar-refractivity contribution in [1.29, 1.82) is 0 Å². The van der Waals surface area contributed by atoms with Crippen LogP contribution in [0, 0.1) is 0 Å². The van der Waals surface area contributed by atoms with Crippen molar-refractivity contribution in [3.63, 3.8) is 0 Å². The van der Waals surface area contributed by atoms with Gasteiger partial charge in [0.2, 0.25) is 14.4 Å². The molecule has 2 nitrogen and oxygen atoms in total. The number of Topliss-reactive ketones (excluding diaryl/α,β-unsaturated/α-hetero) is 1. The summed E-state index contributed by atoms with van der Waals surface area (Å²) < 4.78 is 1.94. The summed E-state index contributed by atoms with van der Waals surface area (Å²) in [6, 6.07) is 0. The van der Waals surface area contributed by atoms with Crippen LogP contribution in [0.5, 0.6) is 0 Å². The van der Waals surface area contributed by atoms with E-state index in [0.29, 0.717) is 0 Å². The molecule has 2 rings (SSSR count). The molecule has 0 aromatic heterocycles. The fraction of sp³-hybridized carbons (Fsp3) is 0.500. The smallest absolute Gasteiger partial charge is 0.214 e. The molecule has 1 fully saturated rings. The number of ether oxygens (including phenoxy) is 1. The minimum atomic E-state index is -1.88. The Morgan fingerprint density at radius 3 is 2.31 bits per heavy atom. The zero-order valence-electron chi connectivity index (χ0n) is 8.27. The van der Waals surface area contributed by atoms with Crippen LogP contribution in [0.2, 0.25) is 0 Å². The standard InChI is InChI=1S/C10H8Cl4O2/c1-3-8-5-4-7(2,16-8)9(11,12)6(15)10(8,13)14/h3-5H,1H2,2H3/t7-,8+/m1/s1. The lowest BCUT2D eigenvalue weighted by Gasteiger charge is -2.49. The summed E-state index contributed by atoms with van der Waals surface area (Å²) >= 11 is 24.0. The van der Waals surface area contributed by atoms with Gasteiger partial charge in [0.05, 0.1) is 0 Å². The first-order valence-electron chi connectivity index (χ1n) is 4.48. The Bertz CT molecular complexity index is 415. The summed E-state index contributed by atoms with van der Waals surface area (Å²) in [4.78, 5) is 12.1. The number of hydrogen-bond acceptors (Lipinski definition) is 2. The van der Waals surface area contributed by atoms with Gasteiger partial charge in [-0.3, -0.25) is 4.79 Å². The van der Waals surface area contributed by atoms with Crippen LogP contribution in [-0.2, 0) is 9.53 Å². The van der Waals surface area contributed by atoms with Gasteiger partial charge < -0.3 is 4.74 Å². The predicted octanol–water partition coefficient (Wildman–Crippen LogP) is 3.19. The lowest BCUT2D eigenvalue weighted by molar-refractivity contribution is -0.148. The van der Waals surface area contributed by atoms with Gasteiger partial charge in [0, 0.05) is 0 Å². The quantitative estimate of drug-likeness (QED) is 0.549. The van der Waals surface area contributed by atoms with E-state index < -0.39 is 25.7 Å². The number of carbonyl (C=O) groups excluding carboxylic acids is 1. The van der Waals surface area contributed by atoms with Crippen LogP contribution in [-0.4, -0.2) is 25.7 Å². The number of rotatable bonds is 1. The second-order valence-corrected chi connectivity index (χ2v) is 6.67. The summed E-state index contributed by atoms with van der Waals surface area (Å²) in [5.74, 6) is -0.703. The maximum absolute atomic E-state index is 12.1. The van der Waals surface area contributed by atoms with Crippen LogP contribution in [0.15, 0.2) is 24.8 Å². The summed E-state index contributed by atoms with van der Waals surface area (Å²) in [5, 5.41) is 0. The monoisotopic (exact) mass is 300 g/mol. The van der Waals surface area contributed by atoms with Crippen molar-refractivity contribution in [2.75, 3.05) is 0 Å². The number of alkyl halides is 4. The highest BCUT2D eigenvalue weighted by Gasteiger charge is 2.73. The number of carbonyl (C=O) groups is 1. The Morgan fingerprint density at radius 2 is 1.81 bits per heavy atom. The molecule has 16 heavy (non-hydrogen) atoms. The molecular formula is C10H8Cl4O2. The first-order valence-corrected chi connectivity index (χ1v) is 5.99. The fourth-order valence-electron chi connectivity index (χ4n) is 1.88. The molecule has 0 unspecified atom stereocenters. The van der Waals surface area contributed by atoms with E-state index in [2.05, 4.69) is 6.58 Å². The maximum atomic E-state index is 12.1. The van der Waals surface area contributed by atoms with Crippen molar-refractivity contribution < 1.29 is 9.53 Å². The molecule has 2 aliphatic heterocycles. The van der Waals surface area contributed by atoms with Gasteiger partial charge in [-0.25, -0.2) is 0 Å². The number of halogens is 4. The van der Waals surface area contributed by atoms with Crippen LogP contribution in [0.4, 0.5) is 0 Å². The van der Waals surface area contributed by atoms with Gasteiger partial charge in [0.25, 0.3) is 0 Å². The summed E-state index contributed by atoms with van der Waals surface area (Å²) in [6.07, 6.45) is 4.51. The maximum Gasteiger partial charge on any atom is 0.214 e. The van der Waals surface area contributed by atoms with Crippen molar-refractivity contribution in [3.05, 3.63) is 24.8 Å². The van der Waals surface area contributed by atoms with E-state index >= 15 is 0 Å². The molecule has 0 spiro atoms. The molecule has 0 aromatic carbocycles. The molecule has 88 valence electrons. The van der Waals surface area contributed by atoms with E-state index in [4.69, 9.17) is 51.1 Å². The number of fused-ring (bicyclic) bond motifs is 2. The minimum absolute atomic E-state index is 0.703. The lowest BCUT2D eigenvalue weighted by atomic mass is 9.89. The molecule has 6 heteroatoms. The highest BCUT2D eigenvalue weighted by molar-refractivity contribution is 6.70. The average Bonchev–Trinajstić information content (AvgIpc) is 2.55. The van der Waals surface area contributed by atoms with Crippen LogP contribution in [0.25, 0.3) is 0 Å². The van der Waals surface area contributed by atoms with Crippen molar-refractivity contribution in [1.82, 2.24) is 0 Å². The van der Waals surface area contributed by atoms with Gasteiger partial charge in [-0.1, -0.05) is 65.1 Å². The molecule has 0 aliphatic carbocycles. The molecule has 1 saturated heterocycles.